The highest BCUT2D eigenvalue weighted by Gasteiger charge is 2.30. The number of amides is 1. The second-order valence-electron chi connectivity index (χ2n) is 6.72. The number of nitrogens with zero attached hydrogens (tertiary/aromatic N) is 5. The number of aromatic amines is 1. The Kier molecular flexibility index (Phi) is 4.53. The predicted molar refractivity (Wildman–Crippen MR) is 98.2 cm³/mol. The van der Waals surface area contributed by atoms with E-state index in [9.17, 15) is 9.59 Å². The summed E-state index contributed by atoms with van der Waals surface area (Å²) in [4.78, 5) is 31.9. The molecule has 1 N–H and O–H groups in total. The van der Waals surface area contributed by atoms with Gasteiger partial charge in [-0.25, -0.2) is 4.98 Å². The average molecular weight is 364 g/mol. The highest BCUT2D eigenvalue weighted by atomic mass is 16.2. The zero-order valence-corrected chi connectivity index (χ0v) is 15.0. The first-order valence-electron chi connectivity index (χ1n) is 8.92. The zero-order valence-electron chi connectivity index (χ0n) is 15.0. The molecule has 0 unspecified atom stereocenters. The van der Waals surface area contributed by atoms with Crippen molar-refractivity contribution < 1.29 is 4.79 Å². The third-order valence-corrected chi connectivity index (χ3v) is 4.75. The molecule has 8 nitrogen and oxygen atoms in total. The minimum absolute atomic E-state index is 0.0706. The van der Waals surface area contributed by atoms with Crippen molar-refractivity contribution in [2.45, 2.75) is 32.4 Å². The number of nitrogens with one attached hydrogen (secondary N) is 1. The number of hydrogen-bond acceptors (Lipinski definition) is 5. The summed E-state index contributed by atoms with van der Waals surface area (Å²) in [5.74, 6) is 1.49. The number of aryl methyl sites for hydroxylation is 2. The van der Waals surface area contributed by atoms with Crippen molar-refractivity contribution in [3.63, 3.8) is 0 Å². The van der Waals surface area contributed by atoms with E-state index in [1.165, 1.54) is 11.8 Å². The molecule has 3 heterocycles. The van der Waals surface area contributed by atoms with Gasteiger partial charge in [-0.15, -0.1) is 10.2 Å². The maximum atomic E-state index is 12.7. The smallest absolute Gasteiger partial charge is 0.274 e. The van der Waals surface area contributed by atoms with Gasteiger partial charge in [0.15, 0.2) is 5.82 Å². The Morgan fingerprint density at radius 3 is 2.78 bits per heavy atom. The summed E-state index contributed by atoms with van der Waals surface area (Å²) in [5, 5.41) is 8.65. The zero-order chi connectivity index (χ0) is 18.8. The van der Waals surface area contributed by atoms with E-state index in [1.807, 2.05) is 18.2 Å². The van der Waals surface area contributed by atoms with Crippen LogP contribution in [-0.4, -0.2) is 42.1 Å². The van der Waals surface area contributed by atoms with Crippen LogP contribution in [-0.2, 0) is 19.4 Å². The number of carbonyl (C=O) groups is 1. The van der Waals surface area contributed by atoms with E-state index in [1.54, 1.807) is 4.90 Å². The number of aromatic nitrogens is 5. The summed E-state index contributed by atoms with van der Waals surface area (Å²) in [5.41, 5.74) is 1.15. The SMILES string of the molecule is C[C@H]1CN(C(=O)c2c[nH]c(=O)cn2)Cc2nnc(CCc3ccccc3)n21. The van der Waals surface area contributed by atoms with Crippen molar-refractivity contribution in [2.75, 3.05) is 6.54 Å². The fraction of sp³-hybridized carbons (Fsp3) is 0.316. The molecule has 27 heavy (non-hydrogen) atoms. The molecule has 138 valence electrons. The highest BCUT2D eigenvalue weighted by molar-refractivity contribution is 5.92. The van der Waals surface area contributed by atoms with Crippen LogP contribution in [0.2, 0.25) is 0 Å². The van der Waals surface area contributed by atoms with Crippen molar-refractivity contribution in [1.29, 1.82) is 0 Å². The lowest BCUT2D eigenvalue weighted by Gasteiger charge is -2.32. The Hall–Kier alpha value is -3.29. The topological polar surface area (TPSA) is 96.8 Å². The summed E-state index contributed by atoms with van der Waals surface area (Å²) >= 11 is 0. The van der Waals surface area contributed by atoms with Crippen LogP contribution in [0.5, 0.6) is 0 Å². The fourth-order valence-electron chi connectivity index (χ4n) is 3.46. The third-order valence-electron chi connectivity index (χ3n) is 4.75. The van der Waals surface area contributed by atoms with Gasteiger partial charge in [-0.1, -0.05) is 30.3 Å². The molecular formula is C19H20N6O2. The fourth-order valence-corrected chi connectivity index (χ4v) is 3.46. The van der Waals surface area contributed by atoms with E-state index in [4.69, 9.17) is 0 Å². The number of hydrogen-bond donors (Lipinski definition) is 1. The van der Waals surface area contributed by atoms with Crippen LogP contribution in [0, 0.1) is 0 Å². The second kappa shape index (κ2) is 7.14. The lowest BCUT2D eigenvalue weighted by molar-refractivity contribution is 0.0673. The van der Waals surface area contributed by atoms with Gasteiger partial charge in [0.25, 0.3) is 11.5 Å². The first-order chi connectivity index (χ1) is 13.1. The summed E-state index contributed by atoms with van der Waals surface area (Å²) in [6.07, 6.45) is 4.16. The molecule has 8 heteroatoms. The minimum atomic E-state index is -0.332. The summed E-state index contributed by atoms with van der Waals surface area (Å²) in [7, 11) is 0. The van der Waals surface area contributed by atoms with Crippen LogP contribution < -0.4 is 5.56 Å². The Balaban J connectivity index is 1.50. The third kappa shape index (κ3) is 3.51. The molecule has 0 radical (unpaired) electrons. The van der Waals surface area contributed by atoms with Gasteiger partial charge in [0.05, 0.1) is 18.8 Å². The van der Waals surface area contributed by atoms with Crippen molar-refractivity contribution in [3.8, 4) is 0 Å². The normalized spacial score (nSPS) is 16.2. The molecule has 1 aliphatic heterocycles. The van der Waals surface area contributed by atoms with E-state index in [0.29, 0.717) is 13.1 Å². The standard InChI is InChI=1S/C19H20N6O2/c1-13-11-24(19(27)15-9-21-18(26)10-20-15)12-17-23-22-16(25(13)17)8-7-14-5-3-2-4-6-14/h2-6,9-10,13H,7-8,11-12H2,1H3,(H,21,26)/t13-/m0/s1. The quantitative estimate of drug-likeness (QED) is 0.754. The molecule has 2 aromatic heterocycles. The van der Waals surface area contributed by atoms with Crippen LogP contribution in [0.25, 0.3) is 0 Å². The average Bonchev–Trinajstić information content (AvgIpc) is 3.11. The van der Waals surface area contributed by atoms with Crippen molar-refractivity contribution in [3.05, 3.63) is 76.0 Å². The molecule has 0 saturated heterocycles. The van der Waals surface area contributed by atoms with E-state index in [-0.39, 0.29) is 23.2 Å². The van der Waals surface area contributed by atoms with E-state index in [2.05, 4.69) is 43.8 Å². The summed E-state index contributed by atoms with van der Waals surface area (Å²) < 4.78 is 2.13. The number of carbonyl (C=O) groups excluding carboxylic acids is 1. The van der Waals surface area contributed by atoms with Gasteiger partial charge in [-0.2, -0.15) is 0 Å². The molecule has 1 atom stereocenters. The summed E-state index contributed by atoms with van der Waals surface area (Å²) in [6, 6.07) is 10.4. The highest BCUT2D eigenvalue weighted by Crippen LogP contribution is 2.23. The van der Waals surface area contributed by atoms with E-state index >= 15 is 0 Å². The van der Waals surface area contributed by atoms with Gasteiger partial charge >= 0.3 is 0 Å². The van der Waals surface area contributed by atoms with Gasteiger partial charge in [-0.3, -0.25) is 9.59 Å². The molecule has 0 saturated carbocycles. The van der Waals surface area contributed by atoms with Crippen molar-refractivity contribution in [1.82, 2.24) is 29.6 Å². The number of benzene rings is 1. The Labute approximate surface area is 155 Å². The van der Waals surface area contributed by atoms with Gasteiger partial charge < -0.3 is 14.5 Å². The Bertz CT molecular complexity index is 990. The second-order valence-corrected chi connectivity index (χ2v) is 6.72. The molecule has 0 spiro atoms. The number of fused-ring (bicyclic) bond motifs is 1. The lowest BCUT2D eigenvalue weighted by Crippen LogP contribution is -2.41. The van der Waals surface area contributed by atoms with Gasteiger partial charge in [-0.05, 0) is 18.9 Å². The maximum absolute atomic E-state index is 12.7. The van der Waals surface area contributed by atoms with Crippen LogP contribution in [0.4, 0.5) is 0 Å². The maximum Gasteiger partial charge on any atom is 0.274 e. The molecule has 4 rings (SSSR count). The van der Waals surface area contributed by atoms with Crippen LogP contribution in [0.3, 0.4) is 0 Å². The van der Waals surface area contributed by atoms with Crippen LogP contribution >= 0.6 is 0 Å². The molecule has 0 fully saturated rings. The van der Waals surface area contributed by atoms with Gasteiger partial charge in [0, 0.05) is 19.2 Å². The number of H-pyrrole nitrogens is 1. The lowest BCUT2D eigenvalue weighted by atomic mass is 10.1. The Morgan fingerprint density at radius 2 is 2.04 bits per heavy atom. The molecule has 1 aliphatic rings. The first kappa shape index (κ1) is 17.1. The van der Waals surface area contributed by atoms with Crippen molar-refractivity contribution >= 4 is 5.91 Å². The van der Waals surface area contributed by atoms with E-state index < -0.39 is 0 Å². The monoisotopic (exact) mass is 364 g/mol. The molecular weight excluding hydrogens is 344 g/mol. The molecule has 3 aromatic rings. The van der Waals surface area contributed by atoms with E-state index in [0.717, 1.165) is 30.7 Å². The van der Waals surface area contributed by atoms with Crippen LogP contribution in [0.15, 0.2) is 47.5 Å². The molecule has 0 bridgehead atoms. The molecule has 1 amide bonds. The number of rotatable bonds is 4. The van der Waals surface area contributed by atoms with Crippen LogP contribution in [0.1, 0.15) is 40.7 Å². The minimum Gasteiger partial charge on any atom is -0.328 e. The molecule has 1 aromatic carbocycles. The molecule has 0 aliphatic carbocycles. The summed E-state index contributed by atoms with van der Waals surface area (Å²) in [6.45, 7) is 2.98. The first-order valence-corrected chi connectivity index (χ1v) is 8.92. The predicted octanol–water partition coefficient (Wildman–Crippen LogP) is 1.36. The largest absolute Gasteiger partial charge is 0.328 e. The van der Waals surface area contributed by atoms with Gasteiger partial charge in [0.1, 0.15) is 11.5 Å². The van der Waals surface area contributed by atoms with Crippen molar-refractivity contribution in [2.24, 2.45) is 0 Å². The van der Waals surface area contributed by atoms with Gasteiger partial charge in [0.2, 0.25) is 0 Å². The Morgan fingerprint density at radius 1 is 1.22 bits per heavy atom.